The quantitative estimate of drug-likeness (QED) is 0.502. The van der Waals surface area contributed by atoms with Gasteiger partial charge in [-0.15, -0.1) is 0 Å². The van der Waals surface area contributed by atoms with Crippen molar-refractivity contribution < 1.29 is 19.1 Å². The van der Waals surface area contributed by atoms with Gasteiger partial charge in [0.25, 0.3) is 0 Å². The third-order valence-electron chi connectivity index (χ3n) is 2.38. The number of hydrogen-bond donors (Lipinski definition) is 0. The van der Waals surface area contributed by atoms with Gasteiger partial charge in [0.1, 0.15) is 6.10 Å². The van der Waals surface area contributed by atoms with E-state index in [0.29, 0.717) is 0 Å². The van der Waals surface area contributed by atoms with Crippen LogP contribution in [0.3, 0.4) is 0 Å². The van der Waals surface area contributed by atoms with Gasteiger partial charge in [0.05, 0.1) is 0 Å². The highest BCUT2D eigenvalue weighted by atomic mass is 16.6. The second-order valence-electron chi connectivity index (χ2n) is 3.30. The first-order chi connectivity index (χ1) is 6.60. The fraction of sp³-hybridized carbons (Fsp3) is 0.600. The molecule has 1 saturated heterocycles. The number of ether oxygens (including phenoxy) is 2. The van der Waals surface area contributed by atoms with Crippen LogP contribution in [0.4, 0.5) is 0 Å². The topological polar surface area (TPSA) is 52.6 Å². The molecule has 1 aliphatic heterocycles. The van der Waals surface area contributed by atoms with Crippen molar-refractivity contribution in [3.63, 3.8) is 0 Å². The molecule has 0 saturated carbocycles. The van der Waals surface area contributed by atoms with Crippen molar-refractivity contribution in [3.05, 3.63) is 12.7 Å². The molecular weight excluding hydrogens is 184 g/mol. The minimum Gasteiger partial charge on any atom is -0.459 e. The predicted octanol–water partition coefficient (Wildman–Crippen LogP) is 1.06. The van der Waals surface area contributed by atoms with Gasteiger partial charge in [0.2, 0.25) is 6.10 Å². The second-order valence-corrected chi connectivity index (χ2v) is 3.30. The molecule has 0 spiro atoms. The average molecular weight is 198 g/mol. The molecule has 1 rings (SSSR count). The largest absolute Gasteiger partial charge is 0.459 e. The summed E-state index contributed by atoms with van der Waals surface area (Å²) in [7, 11) is 0. The van der Waals surface area contributed by atoms with E-state index >= 15 is 0 Å². The van der Waals surface area contributed by atoms with Gasteiger partial charge in [-0.3, -0.25) is 0 Å². The first-order valence-electron chi connectivity index (χ1n) is 4.63. The van der Waals surface area contributed by atoms with Crippen LogP contribution < -0.4 is 0 Å². The lowest BCUT2D eigenvalue weighted by Gasteiger charge is -2.13. The molecule has 1 fully saturated rings. The van der Waals surface area contributed by atoms with Crippen LogP contribution in [0.25, 0.3) is 0 Å². The molecular formula is C10H14O4. The Labute approximate surface area is 82.9 Å². The Morgan fingerprint density at radius 2 is 2.36 bits per heavy atom. The molecule has 0 aromatic heterocycles. The first kappa shape index (κ1) is 10.8. The molecule has 0 bridgehead atoms. The van der Waals surface area contributed by atoms with Crippen LogP contribution in [-0.2, 0) is 19.1 Å². The molecule has 0 N–H and O–H groups in total. The van der Waals surface area contributed by atoms with Crippen molar-refractivity contribution in [2.75, 3.05) is 0 Å². The van der Waals surface area contributed by atoms with Crippen LogP contribution in [0.2, 0.25) is 0 Å². The Hall–Kier alpha value is -1.32. The number of esters is 2. The maximum Gasteiger partial charge on any atom is 0.348 e. The lowest BCUT2D eigenvalue weighted by atomic mass is 9.99. The fourth-order valence-corrected chi connectivity index (χ4v) is 1.52. The molecule has 0 aromatic rings. The molecule has 14 heavy (non-hydrogen) atoms. The smallest absolute Gasteiger partial charge is 0.348 e. The third-order valence-corrected chi connectivity index (χ3v) is 2.38. The average Bonchev–Trinajstić information content (AvgIpc) is 2.44. The number of carbonyl (C=O) groups excluding carboxylic acids is 2. The SMILES string of the molecule is C=CC(=O)OC1C(=O)OC(CC)C1C. The summed E-state index contributed by atoms with van der Waals surface area (Å²) >= 11 is 0. The number of hydrogen-bond acceptors (Lipinski definition) is 4. The Bertz CT molecular complexity index is 259. The summed E-state index contributed by atoms with van der Waals surface area (Å²) in [5.41, 5.74) is 0. The van der Waals surface area contributed by atoms with Crippen LogP contribution >= 0.6 is 0 Å². The summed E-state index contributed by atoms with van der Waals surface area (Å²) in [6.07, 6.45) is 0.851. The number of cyclic esters (lactones) is 1. The van der Waals surface area contributed by atoms with E-state index < -0.39 is 18.0 Å². The highest BCUT2D eigenvalue weighted by molar-refractivity contribution is 5.86. The number of carbonyl (C=O) groups is 2. The lowest BCUT2D eigenvalue weighted by molar-refractivity contribution is -0.158. The minimum absolute atomic E-state index is 0.0867. The third kappa shape index (κ3) is 1.95. The Kier molecular flexibility index (Phi) is 3.28. The summed E-state index contributed by atoms with van der Waals surface area (Å²) in [4.78, 5) is 22.2. The zero-order valence-electron chi connectivity index (χ0n) is 8.36. The molecule has 4 nitrogen and oxygen atoms in total. The van der Waals surface area contributed by atoms with Gasteiger partial charge >= 0.3 is 11.9 Å². The summed E-state index contributed by atoms with van der Waals surface area (Å²) < 4.78 is 9.92. The van der Waals surface area contributed by atoms with Crippen molar-refractivity contribution in [3.8, 4) is 0 Å². The molecule has 4 heteroatoms. The molecule has 0 aromatic carbocycles. The Morgan fingerprint density at radius 1 is 1.71 bits per heavy atom. The summed E-state index contributed by atoms with van der Waals surface area (Å²) in [6, 6.07) is 0. The van der Waals surface area contributed by atoms with E-state index in [9.17, 15) is 9.59 Å². The Morgan fingerprint density at radius 3 is 2.79 bits per heavy atom. The zero-order chi connectivity index (χ0) is 10.7. The van der Waals surface area contributed by atoms with Crippen LogP contribution in [0.1, 0.15) is 20.3 Å². The van der Waals surface area contributed by atoms with Crippen molar-refractivity contribution in [1.29, 1.82) is 0 Å². The van der Waals surface area contributed by atoms with Crippen molar-refractivity contribution >= 4 is 11.9 Å². The van der Waals surface area contributed by atoms with E-state index in [0.717, 1.165) is 12.5 Å². The van der Waals surface area contributed by atoms with Crippen molar-refractivity contribution in [2.24, 2.45) is 5.92 Å². The van der Waals surface area contributed by atoms with E-state index in [1.807, 2.05) is 13.8 Å². The summed E-state index contributed by atoms with van der Waals surface area (Å²) in [5, 5.41) is 0. The van der Waals surface area contributed by atoms with Gasteiger partial charge in [0, 0.05) is 12.0 Å². The minimum atomic E-state index is -0.773. The monoisotopic (exact) mass is 198 g/mol. The van der Waals surface area contributed by atoms with Gasteiger partial charge in [-0.1, -0.05) is 20.4 Å². The maximum absolute atomic E-state index is 11.3. The summed E-state index contributed by atoms with van der Waals surface area (Å²) in [5.74, 6) is -1.13. The van der Waals surface area contributed by atoms with Crippen LogP contribution in [0.5, 0.6) is 0 Å². The fourth-order valence-electron chi connectivity index (χ4n) is 1.52. The van der Waals surface area contributed by atoms with E-state index in [4.69, 9.17) is 9.47 Å². The maximum atomic E-state index is 11.3. The lowest BCUT2D eigenvalue weighted by Crippen LogP contribution is -2.28. The molecule has 3 atom stereocenters. The summed E-state index contributed by atoms with van der Waals surface area (Å²) in [6.45, 7) is 7.02. The molecule has 0 aliphatic carbocycles. The van der Waals surface area contributed by atoms with E-state index in [2.05, 4.69) is 6.58 Å². The van der Waals surface area contributed by atoms with E-state index in [1.165, 1.54) is 0 Å². The zero-order valence-corrected chi connectivity index (χ0v) is 8.36. The van der Waals surface area contributed by atoms with Gasteiger partial charge < -0.3 is 9.47 Å². The predicted molar refractivity (Wildman–Crippen MR) is 49.4 cm³/mol. The number of rotatable bonds is 3. The van der Waals surface area contributed by atoms with Crippen LogP contribution in [0, 0.1) is 5.92 Å². The van der Waals surface area contributed by atoms with Crippen molar-refractivity contribution in [1.82, 2.24) is 0 Å². The van der Waals surface area contributed by atoms with Crippen LogP contribution in [0.15, 0.2) is 12.7 Å². The molecule has 1 aliphatic rings. The van der Waals surface area contributed by atoms with Crippen molar-refractivity contribution in [2.45, 2.75) is 32.5 Å². The highest BCUT2D eigenvalue weighted by Gasteiger charge is 2.43. The van der Waals surface area contributed by atoms with E-state index in [-0.39, 0.29) is 12.0 Å². The molecule has 3 unspecified atom stereocenters. The first-order valence-corrected chi connectivity index (χ1v) is 4.63. The van der Waals surface area contributed by atoms with Gasteiger partial charge in [0.15, 0.2) is 0 Å². The standard InChI is InChI=1S/C10H14O4/c1-4-7-6(3)9(10(12)13-7)14-8(11)5-2/h5-7,9H,2,4H2,1,3H3. The van der Waals surface area contributed by atoms with Crippen LogP contribution in [-0.4, -0.2) is 24.1 Å². The normalized spacial score (nSPS) is 31.0. The molecule has 1 heterocycles. The molecule has 0 amide bonds. The van der Waals surface area contributed by atoms with Gasteiger partial charge in [-0.2, -0.15) is 0 Å². The Balaban J connectivity index is 2.65. The van der Waals surface area contributed by atoms with Gasteiger partial charge in [-0.05, 0) is 6.42 Å². The van der Waals surface area contributed by atoms with Gasteiger partial charge in [-0.25, -0.2) is 9.59 Å². The molecule has 78 valence electrons. The van der Waals surface area contributed by atoms with E-state index in [1.54, 1.807) is 0 Å². The highest BCUT2D eigenvalue weighted by Crippen LogP contribution is 2.26. The molecule has 0 radical (unpaired) electrons. The second kappa shape index (κ2) is 4.26.